The fourth-order valence-corrected chi connectivity index (χ4v) is 2.73. The number of nitrogens with two attached hydrogens (primary N) is 1. The van der Waals surface area contributed by atoms with Crippen LogP contribution in [0.15, 0.2) is 40.2 Å². The van der Waals surface area contributed by atoms with Crippen molar-refractivity contribution in [1.82, 2.24) is 0 Å². The first-order valence-electron chi connectivity index (χ1n) is 4.70. The van der Waals surface area contributed by atoms with Gasteiger partial charge in [0.25, 0.3) is 0 Å². The lowest BCUT2D eigenvalue weighted by molar-refractivity contribution is 0.598. The molecule has 0 aromatic heterocycles. The number of primary sulfonamides is 1. The Bertz CT molecular complexity index is 721. The lowest BCUT2D eigenvalue weighted by atomic mass is 10.1. The zero-order valence-electron chi connectivity index (χ0n) is 8.21. The summed E-state index contributed by atoms with van der Waals surface area (Å²) in [5, 5.41) is 6.66. The van der Waals surface area contributed by atoms with Gasteiger partial charge < -0.3 is 0 Å². The van der Waals surface area contributed by atoms with Gasteiger partial charge in [0, 0.05) is 22.6 Å². The summed E-state index contributed by atoms with van der Waals surface area (Å²) in [4.78, 5) is 4.36. The predicted molar refractivity (Wildman–Crippen MR) is 62.6 cm³/mol. The van der Waals surface area contributed by atoms with Gasteiger partial charge in [-0.15, -0.1) is 0 Å². The molecule has 1 aliphatic rings. The topological polar surface area (TPSA) is 72.5 Å². The Kier molecular flexibility index (Phi) is 1.72. The first-order valence-corrected chi connectivity index (χ1v) is 6.24. The van der Waals surface area contributed by atoms with Crippen molar-refractivity contribution in [2.75, 3.05) is 0 Å². The van der Waals surface area contributed by atoms with Gasteiger partial charge in [-0.05, 0) is 12.1 Å². The average molecular weight is 232 g/mol. The number of nitrogens with zero attached hydrogens (tertiary/aromatic N) is 1. The van der Waals surface area contributed by atoms with Crippen LogP contribution >= 0.6 is 0 Å². The van der Waals surface area contributed by atoms with Crippen LogP contribution in [0.2, 0.25) is 0 Å². The second kappa shape index (κ2) is 2.90. The van der Waals surface area contributed by atoms with Crippen LogP contribution in [-0.2, 0) is 10.0 Å². The molecule has 80 valence electrons. The standard InChI is InChI=1S/C11H8N2O2S/c12-16(14,15)10-5-4-9-11-7(6-13-9)2-1-3-8(10)11/h1-6H,(H2,12,14,15). The van der Waals surface area contributed by atoms with E-state index in [0.29, 0.717) is 5.39 Å². The van der Waals surface area contributed by atoms with Gasteiger partial charge in [-0.2, -0.15) is 0 Å². The lowest BCUT2D eigenvalue weighted by Gasteiger charge is -2.05. The number of sulfonamides is 1. The van der Waals surface area contributed by atoms with Gasteiger partial charge >= 0.3 is 0 Å². The molecule has 2 N–H and O–H groups in total. The molecule has 4 nitrogen and oxygen atoms in total. The molecule has 0 fully saturated rings. The maximum absolute atomic E-state index is 11.4. The van der Waals surface area contributed by atoms with Crippen molar-refractivity contribution in [3.8, 4) is 0 Å². The monoisotopic (exact) mass is 232 g/mol. The molecular formula is C11H8N2O2S. The zero-order chi connectivity index (χ0) is 11.3. The van der Waals surface area contributed by atoms with Crippen LogP contribution in [0.1, 0.15) is 5.56 Å². The molecule has 0 saturated heterocycles. The fraction of sp³-hybridized carbons (Fsp3) is 0. The number of aliphatic imine (C=N–C) groups is 1. The van der Waals surface area contributed by atoms with Crippen molar-refractivity contribution in [3.63, 3.8) is 0 Å². The number of hydrogen-bond acceptors (Lipinski definition) is 3. The van der Waals surface area contributed by atoms with Crippen LogP contribution in [0, 0.1) is 0 Å². The number of benzene rings is 2. The summed E-state index contributed by atoms with van der Waals surface area (Å²) >= 11 is 0. The minimum atomic E-state index is -3.69. The molecule has 0 atom stereocenters. The molecule has 3 rings (SSSR count). The van der Waals surface area contributed by atoms with Crippen LogP contribution in [0.4, 0.5) is 5.69 Å². The average Bonchev–Trinajstić information content (AvgIpc) is 2.63. The molecule has 1 aliphatic heterocycles. The third kappa shape index (κ3) is 1.19. The Morgan fingerprint density at radius 2 is 1.94 bits per heavy atom. The van der Waals surface area contributed by atoms with Gasteiger partial charge in [-0.1, -0.05) is 18.2 Å². The summed E-state index contributed by atoms with van der Waals surface area (Å²) < 4.78 is 22.9. The van der Waals surface area contributed by atoms with Crippen molar-refractivity contribution in [3.05, 3.63) is 35.9 Å². The second-order valence-corrected chi connectivity index (χ2v) is 5.19. The molecule has 1 heterocycles. The quantitative estimate of drug-likeness (QED) is 0.691. The molecule has 0 bridgehead atoms. The molecule has 0 unspecified atom stereocenters. The van der Waals surface area contributed by atoms with Crippen molar-refractivity contribution in [1.29, 1.82) is 0 Å². The zero-order valence-corrected chi connectivity index (χ0v) is 9.03. The van der Waals surface area contributed by atoms with Crippen LogP contribution < -0.4 is 5.14 Å². The van der Waals surface area contributed by atoms with E-state index in [1.807, 2.05) is 6.07 Å². The first kappa shape index (κ1) is 9.50. The van der Waals surface area contributed by atoms with Crippen LogP contribution in [0.25, 0.3) is 10.8 Å². The molecule has 16 heavy (non-hydrogen) atoms. The highest BCUT2D eigenvalue weighted by atomic mass is 32.2. The van der Waals surface area contributed by atoms with Gasteiger partial charge in [0.05, 0.1) is 10.6 Å². The van der Waals surface area contributed by atoms with E-state index in [4.69, 9.17) is 5.14 Å². The van der Waals surface area contributed by atoms with Gasteiger partial charge in [-0.25, -0.2) is 13.6 Å². The molecule has 0 spiro atoms. The fourth-order valence-electron chi connectivity index (χ4n) is 1.99. The summed E-state index contributed by atoms with van der Waals surface area (Å²) in [5.74, 6) is 0. The maximum Gasteiger partial charge on any atom is 0.238 e. The largest absolute Gasteiger partial charge is 0.256 e. The predicted octanol–water partition coefficient (Wildman–Crippen LogP) is 1.55. The molecule has 0 radical (unpaired) electrons. The molecule has 0 saturated carbocycles. The molecule has 5 heteroatoms. The Hall–Kier alpha value is -1.72. The van der Waals surface area contributed by atoms with E-state index in [1.165, 1.54) is 6.07 Å². The summed E-state index contributed by atoms with van der Waals surface area (Å²) in [5.41, 5.74) is 1.72. The smallest absolute Gasteiger partial charge is 0.238 e. The number of hydrogen-bond donors (Lipinski definition) is 1. The Morgan fingerprint density at radius 1 is 1.12 bits per heavy atom. The SMILES string of the molecule is NS(=O)(=O)c1ccc2c3c(cccc13)C=N2. The molecule has 2 aromatic rings. The summed E-state index contributed by atoms with van der Waals surface area (Å²) in [6.07, 6.45) is 1.73. The minimum Gasteiger partial charge on any atom is -0.256 e. The Labute approximate surface area is 92.5 Å². The highest BCUT2D eigenvalue weighted by Crippen LogP contribution is 2.35. The van der Waals surface area contributed by atoms with E-state index in [1.54, 1.807) is 24.4 Å². The highest BCUT2D eigenvalue weighted by molar-refractivity contribution is 7.89. The summed E-state index contributed by atoms with van der Waals surface area (Å²) in [6, 6.07) is 8.62. The van der Waals surface area contributed by atoms with Crippen LogP contribution in [0.5, 0.6) is 0 Å². The van der Waals surface area contributed by atoms with E-state index in [-0.39, 0.29) is 4.90 Å². The van der Waals surface area contributed by atoms with E-state index in [0.717, 1.165) is 16.6 Å². The number of rotatable bonds is 1. The van der Waals surface area contributed by atoms with E-state index < -0.39 is 10.0 Å². The maximum atomic E-state index is 11.4. The van der Waals surface area contributed by atoms with Gasteiger partial charge in [0.1, 0.15) is 0 Å². The summed E-state index contributed by atoms with van der Waals surface area (Å²) in [7, 11) is -3.69. The van der Waals surface area contributed by atoms with Crippen LogP contribution in [0.3, 0.4) is 0 Å². The van der Waals surface area contributed by atoms with Crippen molar-refractivity contribution in [2.45, 2.75) is 4.90 Å². The Balaban J connectivity index is 2.55. The van der Waals surface area contributed by atoms with Crippen molar-refractivity contribution in [2.24, 2.45) is 10.1 Å². The van der Waals surface area contributed by atoms with Crippen molar-refractivity contribution < 1.29 is 8.42 Å². The van der Waals surface area contributed by atoms with Gasteiger partial charge in [-0.3, -0.25) is 4.99 Å². The third-order valence-electron chi connectivity index (χ3n) is 2.66. The van der Waals surface area contributed by atoms with E-state index >= 15 is 0 Å². The Morgan fingerprint density at radius 3 is 2.69 bits per heavy atom. The summed E-state index contributed by atoms with van der Waals surface area (Å²) in [6.45, 7) is 0. The minimum absolute atomic E-state index is 0.151. The first-order chi connectivity index (χ1) is 7.57. The van der Waals surface area contributed by atoms with Gasteiger partial charge in [0.15, 0.2) is 0 Å². The van der Waals surface area contributed by atoms with Gasteiger partial charge in [0.2, 0.25) is 10.0 Å². The molecule has 0 amide bonds. The van der Waals surface area contributed by atoms with Crippen molar-refractivity contribution >= 4 is 32.7 Å². The normalized spacial score (nSPS) is 13.6. The van der Waals surface area contributed by atoms with Crippen LogP contribution in [-0.4, -0.2) is 14.6 Å². The van der Waals surface area contributed by atoms with E-state index in [2.05, 4.69) is 4.99 Å². The molecular weight excluding hydrogens is 224 g/mol. The molecule has 2 aromatic carbocycles. The lowest BCUT2D eigenvalue weighted by Crippen LogP contribution is -2.12. The third-order valence-corrected chi connectivity index (χ3v) is 3.63. The van der Waals surface area contributed by atoms with E-state index in [9.17, 15) is 8.42 Å². The highest BCUT2D eigenvalue weighted by Gasteiger charge is 2.17. The second-order valence-electron chi connectivity index (χ2n) is 3.66. The molecule has 0 aliphatic carbocycles.